The summed E-state index contributed by atoms with van der Waals surface area (Å²) in [4.78, 5) is 2.57. The minimum absolute atomic E-state index is 0.500. The number of aromatic nitrogens is 3. The van der Waals surface area contributed by atoms with Gasteiger partial charge in [0.25, 0.3) is 0 Å². The van der Waals surface area contributed by atoms with Crippen LogP contribution in [0.15, 0.2) is 6.33 Å². The first-order chi connectivity index (χ1) is 8.81. The highest BCUT2D eigenvalue weighted by molar-refractivity contribution is 9.09. The molecule has 0 radical (unpaired) electrons. The van der Waals surface area contributed by atoms with Gasteiger partial charge in [0.1, 0.15) is 12.2 Å². The maximum Gasteiger partial charge on any atom is 0.147 e. The van der Waals surface area contributed by atoms with Crippen LogP contribution in [0, 0.1) is 5.41 Å². The first kappa shape index (κ1) is 12.6. The molecule has 1 fully saturated rings. The molecule has 0 bridgehead atoms. The van der Waals surface area contributed by atoms with Crippen molar-refractivity contribution in [2.45, 2.75) is 45.2 Å². The van der Waals surface area contributed by atoms with E-state index in [0.29, 0.717) is 5.41 Å². The first-order valence-corrected chi connectivity index (χ1v) is 8.09. The van der Waals surface area contributed by atoms with E-state index in [-0.39, 0.29) is 0 Å². The van der Waals surface area contributed by atoms with E-state index in [1.165, 1.54) is 38.6 Å². The number of nitrogens with zero attached hydrogens (tertiary/aromatic N) is 4. The summed E-state index contributed by atoms with van der Waals surface area (Å²) in [5, 5.41) is 9.35. The van der Waals surface area contributed by atoms with Crippen LogP contribution in [0.4, 0.5) is 0 Å². The predicted molar refractivity (Wildman–Crippen MR) is 74.6 cm³/mol. The summed E-state index contributed by atoms with van der Waals surface area (Å²) < 4.78 is 2.18. The molecule has 0 atom stereocenters. The van der Waals surface area contributed by atoms with Crippen LogP contribution in [0.25, 0.3) is 0 Å². The van der Waals surface area contributed by atoms with E-state index < -0.39 is 0 Å². The van der Waals surface area contributed by atoms with Crippen molar-refractivity contribution in [3.63, 3.8) is 0 Å². The summed E-state index contributed by atoms with van der Waals surface area (Å²) in [6.45, 7) is 4.36. The fraction of sp³-hybridized carbons (Fsp3) is 0.846. The van der Waals surface area contributed by atoms with Gasteiger partial charge in [0.2, 0.25) is 0 Å². The molecule has 0 unspecified atom stereocenters. The van der Waals surface area contributed by atoms with Gasteiger partial charge in [-0.3, -0.25) is 4.90 Å². The molecule has 3 rings (SSSR count). The Morgan fingerprint density at radius 2 is 2.06 bits per heavy atom. The summed E-state index contributed by atoms with van der Waals surface area (Å²) in [7, 11) is 0. The van der Waals surface area contributed by atoms with Crippen LogP contribution in [-0.4, -0.2) is 38.1 Å². The van der Waals surface area contributed by atoms with Crippen LogP contribution in [0.5, 0.6) is 0 Å². The highest BCUT2D eigenvalue weighted by Gasteiger charge is 2.34. The van der Waals surface area contributed by atoms with Crippen LogP contribution < -0.4 is 0 Å². The first-order valence-electron chi connectivity index (χ1n) is 6.96. The average Bonchev–Trinajstić information content (AvgIpc) is 2.87. The number of halogens is 1. The number of hydrogen-bond acceptors (Lipinski definition) is 3. The minimum atomic E-state index is 0.500. The Morgan fingerprint density at radius 1 is 1.22 bits per heavy atom. The average molecular weight is 313 g/mol. The summed E-state index contributed by atoms with van der Waals surface area (Å²) in [5.74, 6) is 1.13. The van der Waals surface area contributed by atoms with E-state index in [1.807, 2.05) is 6.33 Å². The minimum Gasteiger partial charge on any atom is -0.315 e. The monoisotopic (exact) mass is 312 g/mol. The van der Waals surface area contributed by atoms with Crippen molar-refractivity contribution in [1.29, 1.82) is 0 Å². The van der Waals surface area contributed by atoms with Crippen molar-refractivity contribution in [2.75, 3.05) is 18.4 Å². The third kappa shape index (κ3) is 2.48. The molecule has 0 spiro atoms. The smallest absolute Gasteiger partial charge is 0.147 e. The lowest BCUT2D eigenvalue weighted by atomic mass is 9.75. The Bertz CT molecular complexity index is 397. The molecule has 1 saturated carbocycles. The molecule has 2 heterocycles. The fourth-order valence-electron chi connectivity index (χ4n) is 3.36. The molecule has 1 aliphatic carbocycles. The Morgan fingerprint density at radius 3 is 2.83 bits per heavy atom. The van der Waals surface area contributed by atoms with Gasteiger partial charge in [0, 0.05) is 25.0 Å². The second-order valence-electron chi connectivity index (χ2n) is 5.85. The van der Waals surface area contributed by atoms with Gasteiger partial charge < -0.3 is 4.57 Å². The zero-order chi connectivity index (χ0) is 12.4. The van der Waals surface area contributed by atoms with E-state index in [4.69, 9.17) is 0 Å². The summed E-state index contributed by atoms with van der Waals surface area (Å²) in [5.41, 5.74) is 0.500. The van der Waals surface area contributed by atoms with Crippen molar-refractivity contribution in [1.82, 2.24) is 19.7 Å². The Hall–Kier alpha value is -0.420. The lowest BCUT2D eigenvalue weighted by Crippen LogP contribution is -2.43. The van der Waals surface area contributed by atoms with Crippen molar-refractivity contribution in [2.24, 2.45) is 5.41 Å². The van der Waals surface area contributed by atoms with E-state index in [2.05, 4.69) is 35.6 Å². The molecule has 5 heteroatoms. The SMILES string of the molecule is BrCC1(CN2CCn3cnnc3C2)CCCCC1. The molecule has 1 aromatic rings. The molecule has 1 aromatic heterocycles. The van der Waals surface area contributed by atoms with Gasteiger partial charge in [-0.05, 0) is 18.3 Å². The van der Waals surface area contributed by atoms with Gasteiger partial charge in [-0.2, -0.15) is 0 Å². The topological polar surface area (TPSA) is 34.0 Å². The maximum absolute atomic E-state index is 4.21. The molecule has 0 saturated heterocycles. The largest absolute Gasteiger partial charge is 0.315 e. The normalized spacial score (nSPS) is 23.8. The molecule has 0 N–H and O–H groups in total. The van der Waals surface area contributed by atoms with Crippen LogP contribution in [0.3, 0.4) is 0 Å². The fourth-order valence-corrected chi connectivity index (χ4v) is 4.10. The third-order valence-electron chi connectivity index (χ3n) is 4.47. The highest BCUT2D eigenvalue weighted by atomic mass is 79.9. The molecule has 18 heavy (non-hydrogen) atoms. The van der Waals surface area contributed by atoms with Crippen LogP contribution in [-0.2, 0) is 13.1 Å². The van der Waals surface area contributed by atoms with Gasteiger partial charge in [0.15, 0.2) is 0 Å². The van der Waals surface area contributed by atoms with Crippen LogP contribution >= 0.6 is 15.9 Å². The summed E-state index contributed by atoms with van der Waals surface area (Å²) in [6.07, 6.45) is 8.82. The summed E-state index contributed by atoms with van der Waals surface area (Å²) >= 11 is 3.76. The van der Waals surface area contributed by atoms with Gasteiger partial charge in [-0.15, -0.1) is 10.2 Å². The van der Waals surface area contributed by atoms with E-state index in [9.17, 15) is 0 Å². The lowest BCUT2D eigenvalue weighted by Gasteiger charge is -2.41. The van der Waals surface area contributed by atoms with Crippen molar-refractivity contribution in [3.8, 4) is 0 Å². The zero-order valence-corrected chi connectivity index (χ0v) is 12.4. The molecule has 1 aliphatic heterocycles. The lowest BCUT2D eigenvalue weighted by molar-refractivity contribution is 0.105. The molecular formula is C13H21BrN4. The zero-order valence-electron chi connectivity index (χ0n) is 10.8. The van der Waals surface area contributed by atoms with E-state index in [0.717, 1.165) is 30.8 Å². The number of fused-ring (bicyclic) bond motifs is 1. The summed E-state index contributed by atoms with van der Waals surface area (Å²) in [6, 6.07) is 0. The third-order valence-corrected chi connectivity index (χ3v) is 5.66. The molecular weight excluding hydrogens is 292 g/mol. The second kappa shape index (κ2) is 5.29. The van der Waals surface area contributed by atoms with Gasteiger partial charge in [0.05, 0.1) is 6.54 Å². The van der Waals surface area contributed by atoms with E-state index >= 15 is 0 Å². The molecule has 4 nitrogen and oxygen atoms in total. The van der Waals surface area contributed by atoms with E-state index in [1.54, 1.807) is 0 Å². The van der Waals surface area contributed by atoms with Crippen LogP contribution in [0.2, 0.25) is 0 Å². The highest BCUT2D eigenvalue weighted by Crippen LogP contribution is 2.39. The molecule has 100 valence electrons. The number of hydrogen-bond donors (Lipinski definition) is 0. The van der Waals surface area contributed by atoms with Gasteiger partial charge in [-0.25, -0.2) is 0 Å². The predicted octanol–water partition coefficient (Wildman–Crippen LogP) is 2.44. The molecule has 2 aliphatic rings. The second-order valence-corrected chi connectivity index (χ2v) is 6.41. The Kier molecular flexibility index (Phi) is 3.71. The quantitative estimate of drug-likeness (QED) is 0.804. The number of alkyl halides is 1. The van der Waals surface area contributed by atoms with Crippen molar-refractivity contribution >= 4 is 15.9 Å². The van der Waals surface area contributed by atoms with Crippen LogP contribution in [0.1, 0.15) is 37.9 Å². The Balaban J connectivity index is 1.66. The van der Waals surface area contributed by atoms with Gasteiger partial charge >= 0.3 is 0 Å². The molecule has 0 aromatic carbocycles. The Labute approximate surface area is 117 Å². The van der Waals surface area contributed by atoms with Gasteiger partial charge in [-0.1, -0.05) is 35.2 Å². The standard InChI is InChI=1S/C13H21BrN4/c14-9-13(4-2-1-3-5-13)10-17-6-7-18-11-15-16-12(18)8-17/h11H,1-10H2. The number of rotatable bonds is 3. The van der Waals surface area contributed by atoms with Crippen molar-refractivity contribution < 1.29 is 0 Å². The molecule has 0 amide bonds. The maximum atomic E-state index is 4.21. The van der Waals surface area contributed by atoms with Crippen molar-refractivity contribution in [3.05, 3.63) is 12.2 Å².